The molecule has 2 N–H and O–H groups in total. The van der Waals surface area contributed by atoms with Gasteiger partial charge in [-0.1, -0.05) is 0 Å². The monoisotopic (exact) mass is 1090 g/mol. The lowest BCUT2D eigenvalue weighted by molar-refractivity contribution is -0.140. The number of hydrogen-bond acceptors (Lipinski definition) is 18. The van der Waals surface area contributed by atoms with Crippen molar-refractivity contribution in [3.05, 3.63) is 114 Å². The quantitative estimate of drug-likeness (QED) is 0.175. The van der Waals surface area contributed by atoms with Crippen LogP contribution in [-0.4, -0.2) is 125 Å². The van der Waals surface area contributed by atoms with Crippen molar-refractivity contribution in [2.75, 3.05) is 56.9 Å². The van der Waals surface area contributed by atoms with Crippen LogP contribution in [0, 0.1) is 23.7 Å². The molecule has 0 saturated carbocycles. The predicted octanol–water partition coefficient (Wildman–Crippen LogP) is 6.74. The SMILES string of the molecule is COC(=O)C1=C(C(=O)OC)[C@@H]2CC[C@H]1C1=C2c2cc3nc(cc4[nH]c(cc5[nH]c(cc1n2)c1c5[C@@H]2CC[C@H]1C(C(=O)OC)=C2C(=O)OC)c1c4[C@@H]2CC[C@H]1C(C(=O)OC)=C2C(=O)OC)C1=C3[C@@H]2CC[C@H]1C(C(=O)OC)=C2C(=O)OC. The fraction of sp³-hybridized carbons (Fsp3) is 0.400. The third-order valence-electron chi connectivity index (χ3n) is 18.5. The van der Waals surface area contributed by atoms with Crippen molar-refractivity contribution < 1.29 is 76.3 Å². The molecule has 0 spiro atoms. The van der Waals surface area contributed by atoms with E-state index >= 15 is 0 Å². The number of carbonyl (C=O) groups excluding carboxylic acids is 8. The van der Waals surface area contributed by atoms with Crippen LogP contribution in [0.5, 0.6) is 0 Å². The third kappa shape index (κ3) is 6.73. The maximum atomic E-state index is 14.0. The number of esters is 8. The van der Waals surface area contributed by atoms with Crippen molar-refractivity contribution in [2.45, 2.75) is 75.0 Å². The number of carbonyl (C=O) groups is 8. The normalized spacial score (nSPS) is 25.2. The average molecular weight is 1090 g/mol. The molecule has 8 atom stereocenters. The van der Waals surface area contributed by atoms with Crippen molar-refractivity contribution in [1.29, 1.82) is 0 Å². The van der Waals surface area contributed by atoms with E-state index in [0.717, 1.165) is 22.3 Å². The van der Waals surface area contributed by atoms with Crippen molar-refractivity contribution >= 4 is 92.1 Å². The molecular weight excluding hydrogens is 1030 g/mol. The number of allylic oxidation sites excluding steroid dienone is 4. The second kappa shape index (κ2) is 18.5. The molecule has 20 heteroatoms. The van der Waals surface area contributed by atoms with Crippen LogP contribution in [0.1, 0.15) is 120 Å². The number of nitrogens with zero attached hydrogens (tertiary/aromatic N) is 2. The van der Waals surface area contributed by atoms with Gasteiger partial charge >= 0.3 is 47.8 Å². The number of rotatable bonds is 8. The summed E-state index contributed by atoms with van der Waals surface area (Å²) in [6, 6.07) is 7.53. The largest absolute Gasteiger partial charge is 0.466 e. The van der Waals surface area contributed by atoms with Gasteiger partial charge in [-0.15, -0.1) is 0 Å². The summed E-state index contributed by atoms with van der Waals surface area (Å²) in [5.74, 6) is -10.9. The van der Waals surface area contributed by atoms with Gasteiger partial charge in [-0.2, -0.15) is 0 Å². The second-order valence-electron chi connectivity index (χ2n) is 21.5. The second-order valence-corrected chi connectivity index (χ2v) is 21.5. The minimum atomic E-state index is -0.691. The zero-order valence-electron chi connectivity index (χ0n) is 45.0. The molecule has 0 radical (unpaired) electrons. The van der Waals surface area contributed by atoms with Crippen LogP contribution in [0.3, 0.4) is 0 Å². The van der Waals surface area contributed by atoms with Crippen molar-refractivity contribution in [3.8, 4) is 0 Å². The van der Waals surface area contributed by atoms with Gasteiger partial charge in [-0.05, 0) is 120 Å². The Balaban J connectivity index is 1.19. The zero-order valence-corrected chi connectivity index (χ0v) is 45.0. The molecule has 0 fully saturated rings. The minimum Gasteiger partial charge on any atom is -0.466 e. The summed E-state index contributed by atoms with van der Waals surface area (Å²) in [4.78, 5) is 130. The number of hydrogen-bond donors (Lipinski definition) is 2. The summed E-state index contributed by atoms with van der Waals surface area (Å²) in [5, 5.41) is 0. The topological polar surface area (TPSA) is 268 Å². The number of nitrogens with one attached hydrogen (secondary N) is 2. The number of H-pyrrole nitrogens is 2. The first-order valence-electron chi connectivity index (χ1n) is 26.6. The van der Waals surface area contributed by atoms with Gasteiger partial charge in [0, 0.05) is 69.4 Å². The standard InChI is InChI=1S/C60H54N4O16/c1-73-53(65)45-21-9-10-22(46(45)54(66)74-2)38-30-18-32-40-24-13-14-26(50(58(70)78-6)48(24)56(68)76-4)42(40)34(63-32)20-36-44-28-16-15-27(51(59(71)79-7)52(28)60(72)80-8)43(44)35(64-36)19-33-41-25-12-11-23(47(55(67)75-3)49(25)57(69)77-5)39(41)31(62-33)17-29(61-30)37(21)38/h17-28,61-62H,9-16H2,1-8H3/t21-,22+,23+,24-,25-,26+,27+,28-. The summed E-state index contributed by atoms with van der Waals surface area (Å²) in [6.45, 7) is 0. The Morgan fingerprint density at radius 1 is 0.300 bits per heavy atom. The average Bonchev–Trinajstić information content (AvgIpc) is 4.35. The van der Waals surface area contributed by atoms with Crippen LogP contribution in [0.25, 0.3) is 44.4 Å². The van der Waals surface area contributed by atoms with E-state index in [1.807, 2.05) is 24.3 Å². The molecule has 0 saturated heterocycles. The summed E-state index contributed by atoms with van der Waals surface area (Å²) in [6.07, 6.45) is 3.70. The Bertz CT molecular complexity index is 3650. The fourth-order valence-corrected chi connectivity index (χ4v) is 15.8. The molecule has 3 aromatic rings. The van der Waals surface area contributed by atoms with Crippen LogP contribution in [0.2, 0.25) is 0 Å². The highest BCUT2D eigenvalue weighted by Crippen LogP contribution is 2.62. The maximum absolute atomic E-state index is 14.0. The Hall–Kier alpha value is -8.68. The Kier molecular flexibility index (Phi) is 11.7. The smallest absolute Gasteiger partial charge is 0.334 e. The molecule has 5 heterocycles. The molecule has 17 rings (SSSR count). The van der Waals surface area contributed by atoms with Crippen LogP contribution in [0.15, 0.2) is 68.9 Å². The Labute approximate surface area is 456 Å². The van der Waals surface area contributed by atoms with Crippen molar-refractivity contribution in [2.24, 2.45) is 23.7 Å². The lowest BCUT2D eigenvalue weighted by atomic mass is 9.62. The van der Waals surface area contributed by atoms with Gasteiger partial charge in [0.05, 0.1) is 124 Å². The lowest BCUT2D eigenvalue weighted by Gasteiger charge is -2.40. The lowest BCUT2D eigenvalue weighted by Crippen LogP contribution is -2.35. The number of methoxy groups -OCH3 is 8. The number of aromatic nitrogens is 4. The highest BCUT2D eigenvalue weighted by Gasteiger charge is 2.54. The van der Waals surface area contributed by atoms with Crippen LogP contribution < -0.4 is 0 Å². The molecule has 16 bridgehead atoms. The Morgan fingerprint density at radius 3 is 0.713 bits per heavy atom. The van der Waals surface area contributed by atoms with Crippen molar-refractivity contribution in [3.63, 3.8) is 0 Å². The van der Waals surface area contributed by atoms with Gasteiger partial charge < -0.3 is 47.9 Å². The van der Waals surface area contributed by atoms with Gasteiger partial charge in [0.2, 0.25) is 0 Å². The molecular formula is C60H54N4O16. The first kappa shape index (κ1) is 50.8. The molecule has 80 heavy (non-hydrogen) atoms. The Morgan fingerprint density at radius 2 is 0.487 bits per heavy atom. The van der Waals surface area contributed by atoms with E-state index in [-0.39, 0.29) is 44.6 Å². The highest BCUT2D eigenvalue weighted by atomic mass is 16.5. The molecule has 14 aliphatic rings. The van der Waals surface area contributed by atoms with Crippen molar-refractivity contribution in [1.82, 2.24) is 19.9 Å². The van der Waals surface area contributed by atoms with E-state index in [4.69, 9.17) is 47.9 Å². The molecule has 0 unspecified atom stereocenters. The van der Waals surface area contributed by atoms with E-state index in [1.54, 1.807) is 0 Å². The van der Waals surface area contributed by atoms with E-state index in [1.165, 1.54) is 56.9 Å². The minimum absolute atomic E-state index is 0.165. The van der Waals surface area contributed by atoms with Crippen LogP contribution >= 0.6 is 0 Å². The summed E-state index contributed by atoms with van der Waals surface area (Å²) < 4.78 is 43.1. The maximum Gasteiger partial charge on any atom is 0.334 e. The van der Waals surface area contributed by atoms with Gasteiger partial charge in [0.15, 0.2) is 0 Å². The summed E-state index contributed by atoms with van der Waals surface area (Å²) in [7, 11) is 10.1. The molecule has 3 aromatic heterocycles. The van der Waals surface area contributed by atoms with E-state index in [2.05, 4.69) is 9.97 Å². The zero-order chi connectivity index (χ0) is 56.1. The molecule has 12 aliphatic carbocycles. The molecule has 20 nitrogen and oxygen atoms in total. The predicted molar refractivity (Wildman–Crippen MR) is 281 cm³/mol. The van der Waals surface area contributed by atoms with Gasteiger partial charge in [0.1, 0.15) is 0 Å². The van der Waals surface area contributed by atoms with E-state index in [0.29, 0.717) is 119 Å². The van der Waals surface area contributed by atoms with E-state index < -0.39 is 95.1 Å². The van der Waals surface area contributed by atoms with Gasteiger partial charge in [0.25, 0.3) is 0 Å². The fourth-order valence-electron chi connectivity index (χ4n) is 15.8. The van der Waals surface area contributed by atoms with Gasteiger partial charge in [-0.25, -0.2) is 48.3 Å². The summed E-state index contributed by atoms with van der Waals surface area (Å²) >= 11 is 0. The molecule has 2 aliphatic heterocycles. The number of fused-ring (bicyclic) bond motifs is 12. The highest BCUT2D eigenvalue weighted by molar-refractivity contribution is 6.15. The third-order valence-corrected chi connectivity index (χ3v) is 18.5. The number of aromatic amines is 2. The van der Waals surface area contributed by atoms with Gasteiger partial charge in [-0.3, -0.25) is 0 Å². The molecule has 0 amide bonds. The van der Waals surface area contributed by atoms with Crippen LogP contribution in [-0.2, 0) is 76.3 Å². The number of ether oxygens (including phenoxy) is 8. The first-order chi connectivity index (χ1) is 38.7. The first-order valence-corrected chi connectivity index (χ1v) is 26.6. The molecule has 410 valence electrons. The van der Waals surface area contributed by atoms with E-state index in [9.17, 15) is 38.4 Å². The molecule has 0 aromatic carbocycles. The van der Waals surface area contributed by atoms with Crippen LogP contribution in [0.4, 0.5) is 0 Å². The summed E-state index contributed by atoms with van der Waals surface area (Å²) in [5.41, 5.74) is 11.0.